The third kappa shape index (κ3) is 3.65. The molecule has 21 heavy (non-hydrogen) atoms. The average Bonchev–Trinajstić information content (AvgIpc) is 2.47. The van der Waals surface area contributed by atoms with Crippen LogP contribution in [-0.4, -0.2) is 49.3 Å². The van der Waals surface area contributed by atoms with Gasteiger partial charge in [0.05, 0.1) is 13.2 Å². The lowest BCUT2D eigenvalue weighted by atomic mass is 9.75. The summed E-state index contributed by atoms with van der Waals surface area (Å²) < 4.78 is 5.45. The SMILES string of the molecule is CC(C)(CNC1CC(c2ccccc2)C1)N1CCOCC1. The number of morpholine rings is 1. The molecule has 0 amide bonds. The van der Waals surface area contributed by atoms with Crippen LogP contribution < -0.4 is 5.32 Å². The molecule has 0 bridgehead atoms. The number of ether oxygens (including phenoxy) is 1. The average molecular weight is 288 g/mol. The second-order valence-electron chi connectivity index (χ2n) is 7.07. The van der Waals surface area contributed by atoms with Gasteiger partial charge in [-0.2, -0.15) is 0 Å². The standard InChI is InChI=1S/C18H28N2O/c1-18(2,20-8-10-21-11-9-20)14-19-17-12-16(13-17)15-6-4-3-5-7-15/h3-7,16-17,19H,8-14H2,1-2H3. The van der Waals surface area contributed by atoms with Crippen molar-refractivity contribution < 1.29 is 4.74 Å². The molecule has 1 saturated heterocycles. The minimum atomic E-state index is 0.224. The minimum absolute atomic E-state index is 0.224. The lowest BCUT2D eigenvalue weighted by Crippen LogP contribution is -2.57. The van der Waals surface area contributed by atoms with E-state index in [1.807, 2.05) is 0 Å². The second-order valence-corrected chi connectivity index (χ2v) is 7.07. The zero-order valence-corrected chi connectivity index (χ0v) is 13.3. The van der Waals surface area contributed by atoms with Crippen LogP contribution in [0.5, 0.6) is 0 Å². The number of nitrogens with one attached hydrogen (secondary N) is 1. The number of nitrogens with zero attached hydrogens (tertiary/aromatic N) is 1. The van der Waals surface area contributed by atoms with Crippen molar-refractivity contribution in [2.75, 3.05) is 32.8 Å². The molecule has 1 aromatic carbocycles. The number of hydrogen-bond donors (Lipinski definition) is 1. The van der Waals surface area contributed by atoms with Crippen LogP contribution in [0.15, 0.2) is 30.3 Å². The van der Waals surface area contributed by atoms with Crippen LogP contribution in [0.25, 0.3) is 0 Å². The van der Waals surface area contributed by atoms with E-state index in [9.17, 15) is 0 Å². The Morgan fingerprint density at radius 3 is 2.48 bits per heavy atom. The highest BCUT2D eigenvalue weighted by atomic mass is 16.5. The fraction of sp³-hybridized carbons (Fsp3) is 0.667. The Kier molecular flexibility index (Phi) is 4.63. The predicted octanol–water partition coefficient (Wildman–Crippen LogP) is 2.63. The molecule has 1 aliphatic heterocycles. The van der Waals surface area contributed by atoms with Crippen molar-refractivity contribution in [1.82, 2.24) is 10.2 Å². The summed E-state index contributed by atoms with van der Waals surface area (Å²) in [5.74, 6) is 0.759. The Hall–Kier alpha value is -0.900. The molecule has 1 aromatic rings. The minimum Gasteiger partial charge on any atom is -0.379 e. The lowest BCUT2D eigenvalue weighted by Gasteiger charge is -2.44. The molecule has 1 N–H and O–H groups in total. The summed E-state index contributed by atoms with van der Waals surface area (Å²) in [5, 5.41) is 3.77. The first kappa shape index (κ1) is 15.0. The van der Waals surface area contributed by atoms with Crippen molar-refractivity contribution in [3.8, 4) is 0 Å². The third-order valence-electron chi connectivity index (χ3n) is 5.10. The summed E-state index contributed by atoms with van der Waals surface area (Å²) in [6, 6.07) is 11.6. The molecule has 0 aromatic heterocycles. The van der Waals surface area contributed by atoms with Gasteiger partial charge in [0, 0.05) is 31.2 Å². The maximum atomic E-state index is 5.45. The first-order valence-electron chi connectivity index (χ1n) is 8.26. The van der Waals surface area contributed by atoms with Gasteiger partial charge in [-0.25, -0.2) is 0 Å². The largest absolute Gasteiger partial charge is 0.379 e. The number of hydrogen-bond acceptors (Lipinski definition) is 3. The van der Waals surface area contributed by atoms with Crippen LogP contribution >= 0.6 is 0 Å². The zero-order chi connectivity index (χ0) is 14.7. The molecule has 1 aliphatic carbocycles. The molecule has 1 heterocycles. The smallest absolute Gasteiger partial charge is 0.0594 e. The van der Waals surface area contributed by atoms with E-state index in [1.54, 1.807) is 0 Å². The Labute approximate surface area is 128 Å². The molecular weight excluding hydrogens is 260 g/mol. The van der Waals surface area contributed by atoms with Crippen molar-refractivity contribution in [3.05, 3.63) is 35.9 Å². The van der Waals surface area contributed by atoms with E-state index in [1.165, 1.54) is 18.4 Å². The van der Waals surface area contributed by atoms with Crippen LogP contribution in [0.1, 0.15) is 38.2 Å². The maximum Gasteiger partial charge on any atom is 0.0594 e. The number of benzene rings is 1. The highest BCUT2D eigenvalue weighted by molar-refractivity contribution is 5.22. The Morgan fingerprint density at radius 2 is 1.81 bits per heavy atom. The van der Waals surface area contributed by atoms with E-state index in [0.717, 1.165) is 38.8 Å². The molecule has 3 heteroatoms. The molecular formula is C18H28N2O. The monoisotopic (exact) mass is 288 g/mol. The predicted molar refractivity (Wildman–Crippen MR) is 86.7 cm³/mol. The van der Waals surface area contributed by atoms with Gasteiger partial charge in [0.25, 0.3) is 0 Å². The molecule has 0 radical (unpaired) electrons. The van der Waals surface area contributed by atoms with Crippen LogP contribution in [-0.2, 0) is 4.74 Å². The van der Waals surface area contributed by atoms with Crippen molar-refractivity contribution in [2.24, 2.45) is 0 Å². The van der Waals surface area contributed by atoms with E-state index in [0.29, 0.717) is 6.04 Å². The lowest BCUT2D eigenvalue weighted by molar-refractivity contribution is -0.0113. The normalized spacial score (nSPS) is 27.3. The number of rotatable bonds is 5. The molecule has 2 aliphatic rings. The van der Waals surface area contributed by atoms with Crippen molar-refractivity contribution in [2.45, 2.75) is 44.2 Å². The summed E-state index contributed by atoms with van der Waals surface area (Å²) in [6.07, 6.45) is 2.56. The first-order valence-corrected chi connectivity index (χ1v) is 8.26. The Bertz CT molecular complexity index is 434. The van der Waals surface area contributed by atoms with E-state index < -0.39 is 0 Å². The maximum absolute atomic E-state index is 5.45. The summed E-state index contributed by atoms with van der Waals surface area (Å²) in [4.78, 5) is 2.55. The summed E-state index contributed by atoms with van der Waals surface area (Å²) >= 11 is 0. The fourth-order valence-electron chi connectivity index (χ4n) is 3.46. The zero-order valence-electron chi connectivity index (χ0n) is 13.3. The van der Waals surface area contributed by atoms with Gasteiger partial charge < -0.3 is 10.1 Å². The molecule has 0 atom stereocenters. The van der Waals surface area contributed by atoms with Gasteiger partial charge in [-0.05, 0) is 38.2 Å². The second kappa shape index (κ2) is 6.47. The van der Waals surface area contributed by atoms with Crippen LogP contribution in [0.4, 0.5) is 0 Å². The fourth-order valence-corrected chi connectivity index (χ4v) is 3.46. The van der Waals surface area contributed by atoms with Crippen molar-refractivity contribution >= 4 is 0 Å². The van der Waals surface area contributed by atoms with Gasteiger partial charge in [0.1, 0.15) is 0 Å². The molecule has 116 valence electrons. The van der Waals surface area contributed by atoms with Gasteiger partial charge in [-0.3, -0.25) is 4.90 Å². The Morgan fingerprint density at radius 1 is 1.14 bits per heavy atom. The first-order chi connectivity index (χ1) is 10.1. The van der Waals surface area contributed by atoms with E-state index in [4.69, 9.17) is 4.74 Å². The van der Waals surface area contributed by atoms with Gasteiger partial charge in [-0.1, -0.05) is 30.3 Å². The van der Waals surface area contributed by atoms with Crippen LogP contribution in [0.3, 0.4) is 0 Å². The van der Waals surface area contributed by atoms with Crippen molar-refractivity contribution in [3.63, 3.8) is 0 Å². The highest BCUT2D eigenvalue weighted by Crippen LogP contribution is 2.36. The van der Waals surface area contributed by atoms with Gasteiger partial charge in [0.2, 0.25) is 0 Å². The summed E-state index contributed by atoms with van der Waals surface area (Å²) in [7, 11) is 0. The third-order valence-corrected chi connectivity index (χ3v) is 5.10. The molecule has 2 fully saturated rings. The topological polar surface area (TPSA) is 24.5 Å². The van der Waals surface area contributed by atoms with E-state index in [-0.39, 0.29) is 5.54 Å². The van der Waals surface area contributed by atoms with Crippen LogP contribution in [0.2, 0.25) is 0 Å². The highest BCUT2D eigenvalue weighted by Gasteiger charge is 2.33. The van der Waals surface area contributed by atoms with Gasteiger partial charge in [-0.15, -0.1) is 0 Å². The molecule has 0 unspecified atom stereocenters. The van der Waals surface area contributed by atoms with Gasteiger partial charge >= 0.3 is 0 Å². The molecule has 3 rings (SSSR count). The quantitative estimate of drug-likeness (QED) is 0.901. The van der Waals surface area contributed by atoms with Crippen LogP contribution in [0, 0.1) is 0 Å². The molecule has 3 nitrogen and oxygen atoms in total. The molecule has 0 spiro atoms. The Balaban J connectivity index is 1.42. The summed E-state index contributed by atoms with van der Waals surface area (Å²) in [6.45, 7) is 9.64. The van der Waals surface area contributed by atoms with Gasteiger partial charge in [0.15, 0.2) is 0 Å². The van der Waals surface area contributed by atoms with E-state index in [2.05, 4.69) is 54.4 Å². The van der Waals surface area contributed by atoms with Crippen molar-refractivity contribution in [1.29, 1.82) is 0 Å². The molecule has 1 saturated carbocycles. The van der Waals surface area contributed by atoms with E-state index >= 15 is 0 Å². The summed E-state index contributed by atoms with van der Waals surface area (Å²) in [5.41, 5.74) is 1.73.